The molecule has 0 amide bonds. The van der Waals surface area contributed by atoms with Crippen LogP contribution in [0.1, 0.15) is 6.92 Å². The van der Waals surface area contributed by atoms with Crippen molar-refractivity contribution >= 4 is 11.0 Å². The minimum Gasteiger partial charge on any atom is -0.507 e. The highest BCUT2D eigenvalue weighted by molar-refractivity contribution is 5.88. The van der Waals surface area contributed by atoms with Crippen molar-refractivity contribution in [2.45, 2.75) is 92.9 Å². The molecule has 4 heterocycles. The van der Waals surface area contributed by atoms with Crippen molar-refractivity contribution in [3.63, 3.8) is 0 Å². The zero-order valence-corrected chi connectivity index (χ0v) is 27.0. The fraction of sp³-hybridized carbons (Fsp3) is 0.531. The van der Waals surface area contributed by atoms with E-state index in [-0.39, 0.29) is 16.9 Å². The SMILES string of the molecule is C[C@@H]1O[C@@H](OC[C@H]2O[C@@H](Oc3c(-c4ccc(O)c(O)c4)oc4cc(OC5OCC(O)C(O)C5O)cc(O)c4c3=O)[C@H](O)[C@@H](O)[C@@H]2O)[C@H](O)[C@H](O)[C@H]1O. The van der Waals surface area contributed by atoms with Crippen molar-refractivity contribution in [3.05, 3.63) is 40.6 Å². The summed E-state index contributed by atoms with van der Waals surface area (Å²) in [7, 11) is 0. The van der Waals surface area contributed by atoms with Crippen LogP contribution in [0.25, 0.3) is 22.3 Å². The van der Waals surface area contributed by atoms with Gasteiger partial charge in [-0.15, -0.1) is 0 Å². The Bertz CT molecular complexity index is 1800. The van der Waals surface area contributed by atoms with E-state index in [1.807, 2.05) is 0 Å². The van der Waals surface area contributed by atoms with Gasteiger partial charge in [0, 0.05) is 17.7 Å². The molecule has 3 aromatic rings. The lowest BCUT2D eigenvalue weighted by atomic mass is 9.98. The van der Waals surface area contributed by atoms with Gasteiger partial charge in [0.05, 0.1) is 19.3 Å². The van der Waals surface area contributed by atoms with E-state index in [4.69, 9.17) is 32.8 Å². The summed E-state index contributed by atoms with van der Waals surface area (Å²) in [6, 6.07) is 5.30. The first kappa shape index (κ1) is 37.9. The minimum absolute atomic E-state index is 0.0951. The van der Waals surface area contributed by atoms with Crippen LogP contribution in [0.15, 0.2) is 39.5 Å². The summed E-state index contributed by atoms with van der Waals surface area (Å²) in [5, 5.41) is 123. The van der Waals surface area contributed by atoms with Crippen LogP contribution >= 0.6 is 0 Å². The van der Waals surface area contributed by atoms with Gasteiger partial charge >= 0.3 is 0 Å². The number of fused-ring (bicyclic) bond motifs is 1. The Morgan fingerprint density at radius 1 is 0.692 bits per heavy atom. The molecule has 3 fully saturated rings. The van der Waals surface area contributed by atoms with E-state index in [1.165, 1.54) is 13.0 Å². The summed E-state index contributed by atoms with van der Waals surface area (Å²) in [5.74, 6) is -3.41. The van der Waals surface area contributed by atoms with Crippen LogP contribution in [-0.2, 0) is 18.9 Å². The van der Waals surface area contributed by atoms with E-state index in [0.29, 0.717) is 0 Å². The highest BCUT2D eigenvalue weighted by atomic mass is 16.7. The lowest BCUT2D eigenvalue weighted by molar-refractivity contribution is -0.318. The fourth-order valence-electron chi connectivity index (χ4n) is 5.91. The van der Waals surface area contributed by atoms with Crippen molar-refractivity contribution < 1.29 is 94.1 Å². The van der Waals surface area contributed by atoms with Crippen molar-refractivity contribution in [2.24, 2.45) is 0 Å². The normalized spacial score (nSPS) is 36.8. The predicted octanol–water partition coefficient (Wildman–Crippen LogP) is -3.57. The van der Waals surface area contributed by atoms with Gasteiger partial charge in [-0.1, -0.05) is 0 Å². The monoisotopic (exact) mass is 742 g/mol. The molecule has 20 heteroatoms. The fourth-order valence-corrected chi connectivity index (χ4v) is 5.91. The Kier molecular flexibility index (Phi) is 10.8. The number of benzene rings is 2. The van der Waals surface area contributed by atoms with Gasteiger partial charge < -0.3 is 94.1 Å². The topological polar surface area (TPSA) is 328 Å². The third-order valence-electron chi connectivity index (χ3n) is 8.99. The van der Waals surface area contributed by atoms with Crippen LogP contribution in [0.4, 0.5) is 0 Å². The van der Waals surface area contributed by atoms with Crippen molar-refractivity contribution in [1.82, 2.24) is 0 Å². The van der Waals surface area contributed by atoms with Crippen molar-refractivity contribution in [1.29, 1.82) is 0 Å². The lowest BCUT2D eigenvalue weighted by Gasteiger charge is -2.42. The maximum atomic E-state index is 14.0. The van der Waals surface area contributed by atoms with Gasteiger partial charge in [-0.2, -0.15) is 0 Å². The molecule has 3 aliphatic rings. The molecule has 0 spiro atoms. The summed E-state index contributed by atoms with van der Waals surface area (Å²) in [6.07, 6.45) is -22.9. The summed E-state index contributed by atoms with van der Waals surface area (Å²) < 4.78 is 39.0. The maximum Gasteiger partial charge on any atom is 0.239 e. The Morgan fingerprint density at radius 3 is 2.08 bits per heavy atom. The Morgan fingerprint density at radius 2 is 1.37 bits per heavy atom. The smallest absolute Gasteiger partial charge is 0.239 e. The van der Waals surface area contributed by atoms with Crippen molar-refractivity contribution in [2.75, 3.05) is 13.2 Å². The zero-order valence-electron chi connectivity index (χ0n) is 27.0. The summed E-state index contributed by atoms with van der Waals surface area (Å²) >= 11 is 0. The molecule has 286 valence electrons. The molecule has 0 aliphatic carbocycles. The molecule has 14 atom stereocenters. The highest BCUT2D eigenvalue weighted by Gasteiger charge is 2.48. The lowest BCUT2D eigenvalue weighted by Crippen LogP contribution is -2.61. The molecule has 0 bridgehead atoms. The molecule has 0 radical (unpaired) electrons. The van der Waals surface area contributed by atoms with Gasteiger partial charge in [0.2, 0.25) is 23.8 Å². The average molecular weight is 743 g/mol. The first-order chi connectivity index (χ1) is 24.6. The van der Waals surface area contributed by atoms with Gasteiger partial charge in [0.25, 0.3) is 0 Å². The average Bonchev–Trinajstić information content (AvgIpc) is 3.11. The number of hydrogen-bond acceptors (Lipinski definition) is 20. The van der Waals surface area contributed by atoms with Gasteiger partial charge in [-0.25, -0.2) is 0 Å². The summed E-state index contributed by atoms with van der Waals surface area (Å²) in [5.41, 5.74) is -1.55. The number of aliphatic hydroxyl groups is 9. The largest absolute Gasteiger partial charge is 0.507 e. The molecule has 12 N–H and O–H groups in total. The molecule has 20 nitrogen and oxygen atoms in total. The Balaban J connectivity index is 1.33. The maximum absolute atomic E-state index is 14.0. The molecule has 0 saturated carbocycles. The number of aromatic hydroxyl groups is 3. The molecular weight excluding hydrogens is 704 g/mol. The van der Waals surface area contributed by atoms with Crippen LogP contribution in [0, 0.1) is 0 Å². The van der Waals surface area contributed by atoms with E-state index in [2.05, 4.69) is 0 Å². The van der Waals surface area contributed by atoms with E-state index in [9.17, 15) is 66.1 Å². The van der Waals surface area contributed by atoms with Crippen LogP contribution in [-0.4, -0.2) is 161 Å². The molecule has 3 aliphatic heterocycles. The van der Waals surface area contributed by atoms with E-state index < -0.39 is 139 Å². The van der Waals surface area contributed by atoms with Crippen LogP contribution in [0.2, 0.25) is 0 Å². The summed E-state index contributed by atoms with van der Waals surface area (Å²) in [6.45, 7) is 0.362. The van der Waals surface area contributed by atoms with E-state index in [0.717, 1.165) is 24.3 Å². The van der Waals surface area contributed by atoms with Crippen molar-refractivity contribution in [3.8, 4) is 40.1 Å². The second-order valence-electron chi connectivity index (χ2n) is 12.6. The molecule has 4 unspecified atom stereocenters. The third-order valence-corrected chi connectivity index (χ3v) is 8.99. The first-order valence-corrected chi connectivity index (χ1v) is 15.9. The number of aliphatic hydroxyl groups excluding tert-OH is 9. The van der Waals surface area contributed by atoms with Gasteiger partial charge in [-0.05, 0) is 25.1 Å². The number of phenols is 3. The Hall–Kier alpha value is -3.87. The minimum atomic E-state index is -2.03. The Labute approximate surface area is 292 Å². The summed E-state index contributed by atoms with van der Waals surface area (Å²) in [4.78, 5) is 14.0. The number of ether oxygens (including phenoxy) is 6. The quantitative estimate of drug-likeness (QED) is 0.0993. The van der Waals surface area contributed by atoms with Crippen LogP contribution < -0.4 is 14.9 Å². The molecule has 3 saturated heterocycles. The molecule has 6 rings (SSSR count). The second kappa shape index (κ2) is 14.9. The standard InChI is InChI=1S/C32H38O20/c1-9-19(37)23(41)26(44)30(48-9)47-8-17-21(39)24(42)27(45)32(51-17)52-29-22(40)18-14(35)5-11(49-31-25(43)20(38)15(36)7-46-31)6-16(18)50-28(29)10-2-3-12(33)13(34)4-10/h2-6,9,15,17,19-21,23-27,30-39,41-45H,7-8H2,1H3/t9-,15?,17+,19-,20?,21+,23+,24-,25?,26+,27+,30+,31?,32-/m0/s1. The van der Waals surface area contributed by atoms with Gasteiger partial charge in [0.1, 0.15) is 83.5 Å². The van der Waals surface area contributed by atoms with Crippen LogP contribution in [0.5, 0.6) is 28.7 Å². The van der Waals surface area contributed by atoms with E-state index >= 15 is 0 Å². The molecule has 1 aromatic heterocycles. The number of phenolic OH excluding ortho intramolecular Hbond substituents is 3. The molecular formula is C32H38O20. The predicted molar refractivity (Wildman–Crippen MR) is 167 cm³/mol. The van der Waals surface area contributed by atoms with Gasteiger partial charge in [-0.3, -0.25) is 4.79 Å². The highest BCUT2D eigenvalue weighted by Crippen LogP contribution is 2.40. The first-order valence-electron chi connectivity index (χ1n) is 15.9. The number of hydrogen-bond donors (Lipinski definition) is 12. The van der Waals surface area contributed by atoms with Crippen LogP contribution in [0.3, 0.4) is 0 Å². The van der Waals surface area contributed by atoms with E-state index in [1.54, 1.807) is 0 Å². The molecule has 52 heavy (non-hydrogen) atoms. The third kappa shape index (κ3) is 7.09. The van der Waals surface area contributed by atoms with Gasteiger partial charge in [0.15, 0.2) is 23.5 Å². The second-order valence-corrected chi connectivity index (χ2v) is 12.6. The number of rotatable bonds is 8. The molecule has 2 aromatic carbocycles. The zero-order chi connectivity index (χ0) is 37.8.